The van der Waals surface area contributed by atoms with E-state index in [1.54, 1.807) is 23.6 Å². The number of rotatable bonds is 4. The van der Waals surface area contributed by atoms with E-state index in [1.807, 2.05) is 10.3 Å². The Kier molecular flexibility index (Phi) is 4.57. The zero-order valence-electron chi connectivity index (χ0n) is 13.0. The minimum absolute atomic E-state index is 0.0672. The van der Waals surface area contributed by atoms with E-state index in [-0.39, 0.29) is 11.9 Å². The molecular formula is C16H21N3O2S. The average molecular weight is 319 g/mol. The Balaban J connectivity index is 1.78. The number of nitrogens with zero attached hydrogens (tertiary/aromatic N) is 3. The highest BCUT2D eigenvalue weighted by molar-refractivity contribution is 7.09. The number of thiazole rings is 1. The van der Waals surface area contributed by atoms with Gasteiger partial charge in [-0.3, -0.25) is 4.79 Å². The van der Waals surface area contributed by atoms with E-state index < -0.39 is 0 Å². The SMILES string of the molecule is CC(C)Cc1cc(C(=O)N2CCCCC2c2nccs2)on1. The number of hydrogen-bond donors (Lipinski definition) is 0. The van der Waals surface area contributed by atoms with Gasteiger partial charge in [0.05, 0.1) is 11.7 Å². The van der Waals surface area contributed by atoms with Crippen molar-refractivity contribution in [1.82, 2.24) is 15.0 Å². The molecular weight excluding hydrogens is 298 g/mol. The third kappa shape index (κ3) is 3.21. The van der Waals surface area contributed by atoms with Gasteiger partial charge in [0.15, 0.2) is 0 Å². The molecule has 0 aromatic carbocycles. The van der Waals surface area contributed by atoms with Crippen molar-refractivity contribution in [2.45, 2.75) is 45.6 Å². The van der Waals surface area contributed by atoms with E-state index in [4.69, 9.17) is 4.52 Å². The lowest BCUT2D eigenvalue weighted by Crippen LogP contribution is -2.38. The molecule has 0 N–H and O–H groups in total. The van der Waals surface area contributed by atoms with Gasteiger partial charge >= 0.3 is 0 Å². The van der Waals surface area contributed by atoms with Crippen LogP contribution in [0.2, 0.25) is 0 Å². The van der Waals surface area contributed by atoms with Crippen molar-refractivity contribution in [3.8, 4) is 0 Å². The third-order valence-corrected chi connectivity index (χ3v) is 4.76. The van der Waals surface area contributed by atoms with Gasteiger partial charge in [0.1, 0.15) is 5.01 Å². The topological polar surface area (TPSA) is 59.2 Å². The van der Waals surface area contributed by atoms with Crippen LogP contribution < -0.4 is 0 Å². The Hall–Kier alpha value is -1.69. The molecule has 5 nitrogen and oxygen atoms in total. The van der Waals surface area contributed by atoms with Crippen molar-refractivity contribution in [3.05, 3.63) is 34.1 Å². The minimum Gasteiger partial charge on any atom is -0.351 e. The fourth-order valence-electron chi connectivity index (χ4n) is 2.90. The molecule has 118 valence electrons. The molecule has 1 atom stereocenters. The summed E-state index contributed by atoms with van der Waals surface area (Å²) in [7, 11) is 0. The van der Waals surface area contributed by atoms with Crippen molar-refractivity contribution < 1.29 is 9.32 Å². The first kappa shape index (κ1) is 15.2. The molecule has 0 bridgehead atoms. The summed E-state index contributed by atoms with van der Waals surface area (Å²) < 4.78 is 5.29. The minimum atomic E-state index is -0.0672. The Labute approximate surface area is 134 Å². The molecule has 22 heavy (non-hydrogen) atoms. The summed E-state index contributed by atoms with van der Waals surface area (Å²) in [5.74, 6) is 0.771. The summed E-state index contributed by atoms with van der Waals surface area (Å²) in [5.41, 5.74) is 0.848. The second-order valence-electron chi connectivity index (χ2n) is 6.16. The Morgan fingerprint density at radius 2 is 2.36 bits per heavy atom. The van der Waals surface area contributed by atoms with Crippen molar-refractivity contribution >= 4 is 17.2 Å². The molecule has 2 aromatic heterocycles. The average Bonchev–Trinajstić information content (AvgIpc) is 3.17. The first-order valence-corrected chi connectivity index (χ1v) is 8.69. The maximum Gasteiger partial charge on any atom is 0.293 e. The van der Waals surface area contributed by atoms with Crippen LogP contribution in [0.25, 0.3) is 0 Å². The molecule has 1 unspecified atom stereocenters. The van der Waals surface area contributed by atoms with Crippen molar-refractivity contribution in [3.63, 3.8) is 0 Å². The molecule has 1 aliphatic heterocycles. The molecule has 3 heterocycles. The van der Waals surface area contributed by atoms with Crippen LogP contribution in [-0.2, 0) is 6.42 Å². The molecule has 0 spiro atoms. The highest BCUT2D eigenvalue weighted by Crippen LogP contribution is 2.33. The van der Waals surface area contributed by atoms with Gasteiger partial charge in [0, 0.05) is 24.2 Å². The number of likely N-dealkylation sites (tertiary alicyclic amines) is 1. The van der Waals surface area contributed by atoms with Crippen molar-refractivity contribution in [2.24, 2.45) is 5.92 Å². The first-order valence-electron chi connectivity index (χ1n) is 7.81. The highest BCUT2D eigenvalue weighted by atomic mass is 32.1. The van der Waals surface area contributed by atoms with Crippen molar-refractivity contribution in [2.75, 3.05) is 6.54 Å². The van der Waals surface area contributed by atoms with Crippen LogP contribution in [0.4, 0.5) is 0 Å². The zero-order valence-corrected chi connectivity index (χ0v) is 13.8. The van der Waals surface area contributed by atoms with Crippen LogP contribution in [0, 0.1) is 5.92 Å². The van der Waals surface area contributed by atoms with Crippen LogP contribution in [0.3, 0.4) is 0 Å². The van der Waals surface area contributed by atoms with Gasteiger partial charge in [0.25, 0.3) is 5.91 Å². The number of amides is 1. The molecule has 6 heteroatoms. The summed E-state index contributed by atoms with van der Waals surface area (Å²) in [6, 6.07) is 1.86. The lowest BCUT2D eigenvalue weighted by molar-refractivity contribution is 0.0569. The molecule has 1 fully saturated rings. The molecule has 1 saturated heterocycles. The maximum atomic E-state index is 12.8. The van der Waals surface area contributed by atoms with E-state index in [0.29, 0.717) is 11.7 Å². The summed E-state index contributed by atoms with van der Waals surface area (Å²) in [5, 5.41) is 6.99. The largest absolute Gasteiger partial charge is 0.351 e. The van der Waals surface area contributed by atoms with Gasteiger partial charge < -0.3 is 9.42 Å². The molecule has 0 radical (unpaired) electrons. The summed E-state index contributed by atoms with van der Waals surface area (Å²) in [6.07, 6.45) is 5.75. The van der Waals surface area contributed by atoms with E-state index in [2.05, 4.69) is 24.0 Å². The number of carbonyl (C=O) groups excluding carboxylic acids is 1. The van der Waals surface area contributed by atoms with Gasteiger partial charge in [-0.05, 0) is 31.6 Å². The van der Waals surface area contributed by atoms with Gasteiger partial charge in [0.2, 0.25) is 5.76 Å². The lowest BCUT2D eigenvalue weighted by Gasteiger charge is -2.33. The lowest BCUT2D eigenvalue weighted by atomic mass is 10.0. The highest BCUT2D eigenvalue weighted by Gasteiger charge is 2.32. The predicted octanol–water partition coefficient (Wildman–Crippen LogP) is 3.70. The fraction of sp³-hybridized carbons (Fsp3) is 0.562. The second-order valence-corrected chi connectivity index (χ2v) is 7.09. The Morgan fingerprint density at radius 3 is 3.09 bits per heavy atom. The zero-order chi connectivity index (χ0) is 15.5. The first-order chi connectivity index (χ1) is 10.6. The summed E-state index contributed by atoms with van der Waals surface area (Å²) >= 11 is 1.61. The molecule has 2 aromatic rings. The Bertz CT molecular complexity index is 621. The van der Waals surface area contributed by atoms with Crippen molar-refractivity contribution in [1.29, 1.82) is 0 Å². The maximum absolute atomic E-state index is 12.8. The Morgan fingerprint density at radius 1 is 1.50 bits per heavy atom. The number of carbonyl (C=O) groups is 1. The van der Waals surface area contributed by atoms with E-state index in [1.165, 1.54) is 0 Å². The third-order valence-electron chi connectivity index (χ3n) is 3.89. The van der Waals surface area contributed by atoms with Crippen LogP contribution in [-0.4, -0.2) is 27.5 Å². The molecule has 0 saturated carbocycles. The number of aromatic nitrogens is 2. The predicted molar refractivity (Wildman–Crippen MR) is 84.8 cm³/mol. The van der Waals surface area contributed by atoms with Gasteiger partial charge in [-0.2, -0.15) is 0 Å². The van der Waals surface area contributed by atoms with Crippen LogP contribution in [0.1, 0.15) is 60.4 Å². The van der Waals surface area contributed by atoms with E-state index >= 15 is 0 Å². The van der Waals surface area contributed by atoms with E-state index in [9.17, 15) is 4.79 Å². The summed E-state index contributed by atoms with van der Waals surface area (Å²) in [6.45, 7) is 5.00. The van der Waals surface area contributed by atoms with Crippen LogP contribution in [0.5, 0.6) is 0 Å². The summed E-state index contributed by atoms with van der Waals surface area (Å²) in [4.78, 5) is 19.1. The smallest absolute Gasteiger partial charge is 0.293 e. The van der Waals surface area contributed by atoms with Gasteiger partial charge in [-0.15, -0.1) is 11.3 Å². The number of piperidine rings is 1. The van der Waals surface area contributed by atoms with Crippen LogP contribution >= 0.6 is 11.3 Å². The second kappa shape index (κ2) is 6.60. The molecule has 3 rings (SSSR count). The number of hydrogen-bond acceptors (Lipinski definition) is 5. The fourth-order valence-corrected chi connectivity index (χ4v) is 3.68. The normalized spacial score (nSPS) is 18.9. The van der Waals surface area contributed by atoms with Gasteiger partial charge in [-0.25, -0.2) is 4.98 Å². The molecule has 1 aliphatic rings. The molecule has 0 aliphatic carbocycles. The van der Waals surface area contributed by atoms with E-state index in [0.717, 1.165) is 42.9 Å². The monoisotopic (exact) mass is 319 g/mol. The molecule has 1 amide bonds. The quantitative estimate of drug-likeness (QED) is 0.862. The standard InChI is InChI=1S/C16H21N3O2S/c1-11(2)9-12-10-14(21-18-12)16(20)19-7-4-3-5-13(19)15-17-6-8-22-15/h6,8,10-11,13H,3-5,7,9H2,1-2H3. The van der Waals surface area contributed by atoms with Crippen LogP contribution in [0.15, 0.2) is 22.2 Å². The van der Waals surface area contributed by atoms with Gasteiger partial charge in [-0.1, -0.05) is 19.0 Å².